The van der Waals surface area contributed by atoms with E-state index in [9.17, 15) is 0 Å². The zero-order valence-electron chi connectivity index (χ0n) is 5.41. The van der Waals surface area contributed by atoms with Crippen LogP contribution in [0.1, 0.15) is 0 Å². The van der Waals surface area contributed by atoms with Crippen molar-refractivity contribution in [1.82, 2.24) is 9.97 Å². The molecule has 0 aliphatic rings. The van der Waals surface area contributed by atoms with Crippen LogP contribution in [0.3, 0.4) is 0 Å². The van der Waals surface area contributed by atoms with Crippen LogP contribution in [-0.4, -0.2) is 9.97 Å². The number of nitrogens with two attached hydrogens (primary N) is 1. The van der Waals surface area contributed by atoms with Gasteiger partial charge in [0.2, 0.25) is 0 Å². The van der Waals surface area contributed by atoms with Crippen molar-refractivity contribution in [3.8, 4) is 0 Å². The minimum atomic E-state index is 0.572. The summed E-state index contributed by atoms with van der Waals surface area (Å²) in [6.45, 7) is 0. The van der Waals surface area contributed by atoms with E-state index in [2.05, 4.69) is 32.6 Å². The number of aromatic nitrogens is 2. The maximum absolute atomic E-state index is 5.63. The Labute approximate surface area is 80.8 Å². The molecule has 0 fully saturated rings. The minimum Gasteiger partial charge on any atom is -0.382 e. The Hall–Kier alpha value is -0.430. The van der Waals surface area contributed by atoms with E-state index in [1.807, 2.05) is 6.07 Å². The van der Waals surface area contributed by atoms with Gasteiger partial charge < -0.3 is 5.73 Å². The van der Waals surface area contributed by atoms with Crippen LogP contribution >= 0.6 is 33.9 Å². The summed E-state index contributed by atoms with van der Waals surface area (Å²) in [5.74, 6) is 0.572. The summed E-state index contributed by atoms with van der Waals surface area (Å²) in [6, 6.07) is 2.00. The fraction of sp³-hybridized carbons (Fsp3) is 0. The molecule has 0 spiro atoms. The Morgan fingerprint density at radius 2 is 2.27 bits per heavy atom. The third kappa shape index (κ3) is 1.18. The van der Waals surface area contributed by atoms with Gasteiger partial charge in [-0.05, 0) is 28.7 Å². The molecule has 0 amide bonds. The van der Waals surface area contributed by atoms with Gasteiger partial charge in [-0.1, -0.05) is 0 Å². The summed E-state index contributed by atoms with van der Waals surface area (Å²) in [7, 11) is 0. The number of rotatable bonds is 0. The first-order chi connectivity index (χ1) is 5.27. The number of nitrogens with zero attached hydrogens (tertiary/aromatic N) is 2. The van der Waals surface area contributed by atoms with Crippen LogP contribution < -0.4 is 5.73 Å². The van der Waals surface area contributed by atoms with Crippen molar-refractivity contribution in [1.29, 1.82) is 0 Å². The first-order valence-electron chi connectivity index (χ1n) is 2.93. The number of anilines is 1. The second-order valence-electron chi connectivity index (χ2n) is 2.02. The predicted molar refractivity (Wildman–Crippen MR) is 54.5 cm³/mol. The number of thiophene rings is 1. The fourth-order valence-corrected chi connectivity index (χ4v) is 2.54. The molecule has 3 nitrogen and oxygen atoms in total. The summed E-state index contributed by atoms with van der Waals surface area (Å²) in [4.78, 5) is 7.97. The van der Waals surface area contributed by atoms with E-state index in [1.54, 1.807) is 11.3 Å². The number of fused-ring (bicyclic) bond motifs is 1. The molecule has 0 aliphatic heterocycles. The van der Waals surface area contributed by atoms with Gasteiger partial charge in [-0.25, -0.2) is 9.97 Å². The molecule has 0 atom stereocenters. The molecule has 2 heterocycles. The van der Waals surface area contributed by atoms with Crippen molar-refractivity contribution >= 4 is 50.0 Å². The number of halogens is 1. The van der Waals surface area contributed by atoms with E-state index >= 15 is 0 Å². The zero-order chi connectivity index (χ0) is 7.84. The van der Waals surface area contributed by atoms with Crippen molar-refractivity contribution in [2.24, 2.45) is 0 Å². The summed E-state index contributed by atoms with van der Waals surface area (Å²) in [5.41, 5.74) is 6.56. The van der Waals surface area contributed by atoms with Gasteiger partial charge in [-0.15, -0.1) is 11.3 Å². The Morgan fingerprint density at radius 1 is 1.45 bits per heavy atom. The highest BCUT2D eigenvalue weighted by Gasteiger charge is 2.03. The highest BCUT2D eigenvalue weighted by Crippen LogP contribution is 2.27. The molecule has 0 aliphatic carbocycles. The van der Waals surface area contributed by atoms with E-state index in [4.69, 9.17) is 5.73 Å². The molecule has 2 rings (SSSR count). The lowest BCUT2D eigenvalue weighted by Crippen LogP contribution is -1.89. The number of hydrogen-bond acceptors (Lipinski definition) is 4. The molecule has 56 valence electrons. The van der Waals surface area contributed by atoms with Gasteiger partial charge in [0.15, 0.2) is 0 Å². The molecule has 11 heavy (non-hydrogen) atoms. The smallest absolute Gasteiger partial charge is 0.144 e. The standard InChI is InChI=1S/C6H4IN3S/c7-4-1-3-5(11-4)6(8)10-2-9-3/h1-2H,(H2,8,9,10). The normalized spacial score (nSPS) is 10.6. The molecule has 0 saturated heterocycles. The third-order valence-corrected chi connectivity index (χ3v) is 3.22. The topological polar surface area (TPSA) is 51.8 Å². The van der Waals surface area contributed by atoms with Crippen LogP contribution in [0, 0.1) is 2.88 Å². The van der Waals surface area contributed by atoms with Gasteiger partial charge in [0, 0.05) is 0 Å². The van der Waals surface area contributed by atoms with Crippen molar-refractivity contribution in [3.63, 3.8) is 0 Å². The maximum atomic E-state index is 5.63. The molecule has 2 aromatic rings. The molecule has 2 N–H and O–H groups in total. The Balaban J connectivity index is 2.90. The van der Waals surface area contributed by atoms with Crippen molar-refractivity contribution < 1.29 is 0 Å². The molecule has 0 unspecified atom stereocenters. The van der Waals surface area contributed by atoms with Crippen LogP contribution in [0.2, 0.25) is 0 Å². The van der Waals surface area contributed by atoms with Crippen LogP contribution in [0.4, 0.5) is 5.82 Å². The number of hydrogen-bond donors (Lipinski definition) is 1. The van der Waals surface area contributed by atoms with Gasteiger partial charge >= 0.3 is 0 Å². The maximum Gasteiger partial charge on any atom is 0.144 e. The van der Waals surface area contributed by atoms with Gasteiger partial charge in [0.1, 0.15) is 12.1 Å². The fourth-order valence-electron chi connectivity index (χ4n) is 0.844. The lowest BCUT2D eigenvalue weighted by molar-refractivity contribution is 1.24. The van der Waals surface area contributed by atoms with E-state index in [0.717, 1.165) is 10.2 Å². The summed E-state index contributed by atoms with van der Waals surface area (Å²) in [6.07, 6.45) is 1.49. The lowest BCUT2D eigenvalue weighted by atomic mass is 10.4. The Kier molecular flexibility index (Phi) is 1.68. The van der Waals surface area contributed by atoms with Crippen LogP contribution in [0.15, 0.2) is 12.4 Å². The molecule has 0 saturated carbocycles. The number of nitrogen functional groups attached to an aromatic ring is 1. The Morgan fingerprint density at radius 3 is 3.00 bits per heavy atom. The summed E-state index contributed by atoms with van der Waals surface area (Å²) < 4.78 is 2.17. The average Bonchev–Trinajstić information content (AvgIpc) is 2.31. The highest BCUT2D eigenvalue weighted by atomic mass is 127. The highest BCUT2D eigenvalue weighted by molar-refractivity contribution is 14.1. The monoisotopic (exact) mass is 277 g/mol. The largest absolute Gasteiger partial charge is 0.382 e. The van der Waals surface area contributed by atoms with Crippen molar-refractivity contribution in [2.45, 2.75) is 0 Å². The predicted octanol–water partition coefficient (Wildman–Crippen LogP) is 1.88. The molecular formula is C6H4IN3S. The quantitative estimate of drug-likeness (QED) is 0.748. The lowest BCUT2D eigenvalue weighted by Gasteiger charge is -1.89. The van der Waals surface area contributed by atoms with E-state index in [1.165, 1.54) is 9.21 Å². The Bertz CT molecular complexity index is 398. The van der Waals surface area contributed by atoms with Gasteiger partial charge in [0.25, 0.3) is 0 Å². The molecule has 2 aromatic heterocycles. The summed E-state index contributed by atoms with van der Waals surface area (Å²) in [5, 5.41) is 0. The van der Waals surface area contributed by atoms with Gasteiger partial charge in [0.05, 0.1) is 13.1 Å². The van der Waals surface area contributed by atoms with Crippen LogP contribution in [0.25, 0.3) is 10.2 Å². The van der Waals surface area contributed by atoms with Crippen molar-refractivity contribution in [3.05, 3.63) is 15.3 Å². The second-order valence-corrected chi connectivity index (χ2v) is 4.97. The van der Waals surface area contributed by atoms with E-state index < -0.39 is 0 Å². The average molecular weight is 277 g/mol. The third-order valence-electron chi connectivity index (χ3n) is 1.31. The summed E-state index contributed by atoms with van der Waals surface area (Å²) >= 11 is 3.86. The zero-order valence-corrected chi connectivity index (χ0v) is 8.39. The van der Waals surface area contributed by atoms with Crippen LogP contribution in [-0.2, 0) is 0 Å². The first kappa shape index (κ1) is 7.23. The molecule has 5 heteroatoms. The molecular weight excluding hydrogens is 273 g/mol. The van der Waals surface area contributed by atoms with Gasteiger partial charge in [-0.3, -0.25) is 0 Å². The van der Waals surface area contributed by atoms with E-state index in [0.29, 0.717) is 5.82 Å². The SMILES string of the molecule is Nc1ncnc2cc(I)sc12. The molecule has 0 radical (unpaired) electrons. The van der Waals surface area contributed by atoms with E-state index in [-0.39, 0.29) is 0 Å². The molecule has 0 aromatic carbocycles. The molecule has 0 bridgehead atoms. The van der Waals surface area contributed by atoms with Crippen LogP contribution in [0.5, 0.6) is 0 Å². The second kappa shape index (κ2) is 2.56. The van der Waals surface area contributed by atoms with Crippen molar-refractivity contribution in [2.75, 3.05) is 5.73 Å². The first-order valence-corrected chi connectivity index (χ1v) is 4.82. The van der Waals surface area contributed by atoms with Gasteiger partial charge in [-0.2, -0.15) is 0 Å². The minimum absolute atomic E-state index is 0.572.